The molecule has 2 N–H and O–H groups in total. The van der Waals surface area contributed by atoms with E-state index in [1.54, 1.807) is 7.11 Å². The van der Waals surface area contributed by atoms with E-state index in [-0.39, 0.29) is 0 Å². The minimum Gasteiger partial charge on any atom is -0.382 e. The molecule has 0 aromatic heterocycles. The number of likely N-dealkylation sites (tertiary alicyclic amines) is 1. The highest BCUT2D eigenvalue weighted by molar-refractivity contribution is 4.75. The van der Waals surface area contributed by atoms with E-state index in [9.17, 15) is 0 Å². The second-order valence-electron chi connectivity index (χ2n) is 4.75. The van der Waals surface area contributed by atoms with Crippen molar-refractivity contribution in [3.63, 3.8) is 0 Å². The van der Waals surface area contributed by atoms with Gasteiger partial charge < -0.3 is 24.8 Å². The Hall–Kier alpha value is -0.200. The van der Waals surface area contributed by atoms with Crippen molar-refractivity contribution in [2.75, 3.05) is 66.3 Å². The van der Waals surface area contributed by atoms with Crippen LogP contribution in [0.15, 0.2) is 0 Å². The number of hydrogen-bond acceptors (Lipinski definition) is 5. The van der Waals surface area contributed by atoms with Gasteiger partial charge in [-0.1, -0.05) is 0 Å². The first-order chi connectivity index (χ1) is 8.86. The zero-order chi connectivity index (χ0) is 13.1. The van der Waals surface area contributed by atoms with Gasteiger partial charge in [-0.15, -0.1) is 0 Å². The maximum atomic E-state index is 5.58. The summed E-state index contributed by atoms with van der Waals surface area (Å²) in [7, 11) is 1.67. The van der Waals surface area contributed by atoms with Crippen LogP contribution in [0.5, 0.6) is 0 Å². The second-order valence-corrected chi connectivity index (χ2v) is 4.75. The number of ether oxygens (including phenoxy) is 3. The third-order valence-corrected chi connectivity index (χ3v) is 3.30. The fraction of sp³-hybridized carbons (Fsp3) is 1.00. The van der Waals surface area contributed by atoms with Crippen LogP contribution in [0.1, 0.15) is 12.8 Å². The van der Waals surface area contributed by atoms with Crippen LogP contribution in [0.25, 0.3) is 0 Å². The molecule has 1 unspecified atom stereocenters. The average molecular weight is 260 g/mol. The molecule has 0 radical (unpaired) electrons. The van der Waals surface area contributed by atoms with E-state index in [2.05, 4.69) is 4.90 Å². The number of nitrogens with zero attached hydrogens (tertiary/aromatic N) is 1. The molecule has 0 bridgehead atoms. The van der Waals surface area contributed by atoms with Gasteiger partial charge in [0.1, 0.15) is 0 Å². The highest BCUT2D eigenvalue weighted by atomic mass is 16.5. The fourth-order valence-electron chi connectivity index (χ4n) is 2.25. The minimum absolute atomic E-state index is 0.646. The van der Waals surface area contributed by atoms with Crippen molar-refractivity contribution < 1.29 is 14.2 Å². The summed E-state index contributed by atoms with van der Waals surface area (Å²) in [5.74, 6) is 0.798. The summed E-state index contributed by atoms with van der Waals surface area (Å²) in [5, 5.41) is 0. The standard InChI is InChI=1S/C13H28N2O3/c1-16-8-9-18-11-10-17-7-6-15-5-3-13(12-15)2-4-14/h13H,2-12,14H2,1H3. The van der Waals surface area contributed by atoms with E-state index in [4.69, 9.17) is 19.9 Å². The maximum absolute atomic E-state index is 5.58. The molecule has 5 nitrogen and oxygen atoms in total. The van der Waals surface area contributed by atoms with Crippen molar-refractivity contribution >= 4 is 0 Å². The summed E-state index contributed by atoms with van der Waals surface area (Å²) in [6, 6.07) is 0. The Morgan fingerprint density at radius 3 is 2.56 bits per heavy atom. The van der Waals surface area contributed by atoms with Crippen LogP contribution >= 0.6 is 0 Å². The van der Waals surface area contributed by atoms with Crippen molar-refractivity contribution in [3.8, 4) is 0 Å². The summed E-state index contributed by atoms with van der Waals surface area (Å²) >= 11 is 0. The maximum Gasteiger partial charge on any atom is 0.0701 e. The quantitative estimate of drug-likeness (QED) is 0.543. The lowest BCUT2D eigenvalue weighted by Crippen LogP contribution is -2.26. The molecular weight excluding hydrogens is 232 g/mol. The number of hydrogen-bond donors (Lipinski definition) is 1. The molecular formula is C13H28N2O3. The van der Waals surface area contributed by atoms with E-state index in [1.165, 1.54) is 19.5 Å². The van der Waals surface area contributed by atoms with Gasteiger partial charge in [0.25, 0.3) is 0 Å². The molecule has 0 saturated carbocycles. The summed E-state index contributed by atoms with van der Waals surface area (Å²) < 4.78 is 15.7. The van der Waals surface area contributed by atoms with Gasteiger partial charge in [0, 0.05) is 20.2 Å². The van der Waals surface area contributed by atoms with Crippen LogP contribution in [0.4, 0.5) is 0 Å². The largest absolute Gasteiger partial charge is 0.382 e. The monoisotopic (exact) mass is 260 g/mol. The van der Waals surface area contributed by atoms with E-state index in [0.29, 0.717) is 26.4 Å². The number of methoxy groups -OCH3 is 1. The molecule has 5 heteroatoms. The fourth-order valence-corrected chi connectivity index (χ4v) is 2.25. The smallest absolute Gasteiger partial charge is 0.0701 e. The molecule has 1 atom stereocenters. The van der Waals surface area contributed by atoms with Crippen LogP contribution in [-0.2, 0) is 14.2 Å². The Labute approximate surface area is 111 Å². The van der Waals surface area contributed by atoms with Crippen molar-refractivity contribution in [3.05, 3.63) is 0 Å². The lowest BCUT2D eigenvalue weighted by atomic mass is 10.1. The van der Waals surface area contributed by atoms with Gasteiger partial charge in [-0.25, -0.2) is 0 Å². The SMILES string of the molecule is COCCOCCOCCN1CCC(CCN)C1. The van der Waals surface area contributed by atoms with Crippen molar-refractivity contribution in [2.24, 2.45) is 11.7 Å². The number of rotatable bonds is 11. The first-order valence-electron chi connectivity index (χ1n) is 6.93. The lowest BCUT2D eigenvalue weighted by molar-refractivity contribution is 0.0205. The molecule has 0 spiro atoms. The molecule has 0 aliphatic carbocycles. The molecule has 0 aromatic carbocycles. The van der Waals surface area contributed by atoms with E-state index in [1.807, 2.05) is 0 Å². The topological polar surface area (TPSA) is 57.0 Å². The molecule has 108 valence electrons. The lowest BCUT2D eigenvalue weighted by Gasteiger charge is -2.15. The molecule has 0 aromatic rings. The molecule has 1 rings (SSSR count). The van der Waals surface area contributed by atoms with Gasteiger partial charge in [0.2, 0.25) is 0 Å². The Morgan fingerprint density at radius 1 is 1.11 bits per heavy atom. The zero-order valence-electron chi connectivity index (χ0n) is 11.6. The van der Waals surface area contributed by atoms with Crippen LogP contribution in [0.2, 0.25) is 0 Å². The first kappa shape index (κ1) is 15.9. The van der Waals surface area contributed by atoms with Crippen LogP contribution in [0, 0.1) is 5.92 Å². The van der Waals surface area contributed by atoms with Gasteiger partial charge in [0.15, 0.2) is 0 Å². The summed E-state index contributed by atoms with van der Waals surface area (Å²) in [6.45, 7) is 7.63. The van der Waals surface area contributed by atoms with Crippen LogP contribution < -0.4 is 5.73 Å². The summed E-state index contributed by atoms with van der Waals surface area (Å²) in [4.78, 5) is 2.46. The molecule has 1 aliphatic rings. The van der Waals surface area contributed by atoms with E-state index >= 15 is 0 Å². The van der Waals surface area contributed by atoms with Gasteiger partial charge in [-0.2, -0.15) is 0 Å². The highest BCUT2D eigenvalue weighted by Crippen LogP contribution is 2.18. The Bertz CT molecular complexity index is 193. The molecule has 1 aliphatic heterocycles. The molecule has 1 saturated heterocycles. The van der Waals surface area contributed by atoms with Crippen molar-refractivity contribution in [1.29, 1.82) is 0 Å². The van der Waals surface area contributed by atoms with Gasteiger partial charge in [-0.05, 0) is 31.8 Å². The Balaban J connectivity index is 1.84. The minimum atomic E-state index is 0.646. The summed E-state index contributed by atoms with van der Waals surface area (Å²) in [5.41, 5.74) is 5.58. The second kappa shape index (κ2) is 10.7. The highest BCUT2D eigenvalue weighted by Gasteiger charge is 2.20. The van der Waals surface area contributed by atoms with E-state index < -0.39 is 0 Å². The molecule has 0 amide bonds. The van der Waals surface area contributed by atoms with E-state index in [0.717, 1.165) is 32.0 Å². The first-order valence-corrected chi connectivity index (χ1v) is 6.93. The van der Waals surface area contributed by atoms with Gasteiger partial charge >= 0.3 is 0 Å². The number of nitrogens with two attached hydrogens (primary N) is 1. The third kappa shape index (κ3) is 7.28. The Kier molecular flexibility index (Phi) is 9.42. The van der Waals surface area contributed by atoms with Gasteiger partial charge in [0.05, 0.1) is 33.0 Å². The van der Waals surface area contributed by atoms with Crippen LogP contribution in [0.3, 0.4) is 0 Å². The Morgan fingerprint density at radius 2 is 1.83 bits per heavy atom. The zero-order valence-corrected chi connectivity index (χ0v) is 11.6. The van der Waals surface area contributed by atoms with Crippen LogP contribution in [-0.4, -0.2) is 71.2 Å². The molecule has 18 heavy (non-hydrogen) atoms. The third-order valence-electron chi connectivity index (χ3n) is 3.30. The molecule has 1 fully saturated rings. The summed E-state index contributed by atoms with van der Waals surface area (Å²) in [6.07, 6.45) is 2.45. The van der Waals surface area contributed by atoms with Crippen molar-refractivity contribution in [2.45, 2.75) is 12.8 Å². The predicted molar refractivity (Wildman–Crippen MR) is 71.7 cm³/mol. The molecule has 1 heterocycles. The van der Waals surface area contributed by atoms with Gasteiger partial charge in [-0.3, -0.25) is 0 Å². The van der Waals surface area contributed by atoms with Crippen molar-refractivity contribution in [1.82, 2.24) is 4.90 Å². The predicted octanol–water partition coefficient (Wildman–Crippen LogP) is 0.337. The normalized spacial score (nSPS) is 20.7. The average Bonchev–Trinajstić information content (AvgIpc) is 2.81.